The number of halogens is 1. The first-order chi connectivity index (χ1) is 5.04. The topological polar surface area (TPSA) is 9.23 Å². The number of hydrogen-bond acceptors (Lipinski definition) is 1. The van der Waals surface area contributed by atoms with Gasteiger partial charge in [0.05, 0.1) is 6.10 Å². The molecule has 5 unspecified atom stereocenters. The smallest absolute Gasteiger partial charge is 0.407 e. The van der Waals surface area contributed by atoms with E-state index in [-0.39, 0.29) is 57.5 Å². The number of alkyl halides is 1. The monoisotopic (exact) mass is 306 g/mol. The van der Waals surface area contributed by atoms with Crippen LogP contribution in [0.2, 0.25) is 0 Å². The molecule has 0 aromatic rings. The number of hydrogen-bond donors (Lipinski definition) is 0. The molecule has 0 saturated carbocycles. The van der Waals surface area contributed by atoms with Gasteiger partial charge >= 0.3 is 51.4 Å². The van der Waals surface area contributed by atoms with E-state index in [1.54, 1.807) is 0 Å². The third-order valence-electron chi connectivity index (χ3n) is 2.72. The standard InChI is InChI=1S/C9H16IO.K/c1-5-7(3)11-8(4)6(2)9(5)10;/h5-9H,3H2,1-2,4H3;/q-1;+1. The van der Waals surface area contributed by atoms with Crippen molar-refractivity contribution >= 4 is 22.6 Å². The molecule has 5 atom stereocenters. The zero-order chi connectivity index (χ0) is 8.59. The fourth-order valence-electron chi connectivity index (χ4n) is 1.47. The Bertz CT molecular complexity index is 128. The third kappa shape index (κ3) is 3.17. The Balaban J connectivity index is 0.00000121. The van der Waals surface area contributed by atoms with Crippen molar-refractivity contribution in [1.29, 1.82) is 0 Å². The Labute approximate surface area is 132 Å². The summed E-state index contributed by atoms with van der Waals surface area (Å²) in [5, 5.41) is 0. The number of ether oxygens (including phenoxy) is 1. The Morgan fingerprint density at radius 2 is 1.67 bits per heavy atom. The molecule has 1 rings (SSSR count). The van der Waals surface area contributed by atoms with Crippen LogP contribution in [0.1, 0.15) is 20.8 Å². The minimum atomic E-state index is 0. The second-order valence-corrected chi connectivity index (χ2v) is 4.98. The predicted octanol–water partition coefficient (Wildman–Crippen LogP) is -0.312. The molecule has 0 spiro atoms. The Kier molecular flexibility index (Phi) is 7.20. The van der Waals surface area contributed by atoms with Gasteiger partial charge in [0, 0.05) is 3.92 Å². The molecule has 66 valence electrons. The van der Waals surface area contributed by atoms with Crippen molar-refractivity contribution in [3.05, 3.63) is 6.92 Å². The van der Waals surface area contributed by atoms with Crippen LogP contribution in [0.4, 0.5) is 0 Å². The van der Waals surface area contributed by atoms with Crippen LogP contribution in [-0.4, -0.2) is 16.1 Å². The first kappa shape index (κ1) is 14.3. The molecule has 12 heavy (non-hydrogen) atoms. The molecular formula is C9H16IKO. The van der Waals surface area contributed by atoms with Gasteiger partial charge in [0.15, 0.2) is 0 Å². The molecule has 0 N–H and O–H groups in total. The van der Waals surface area contributed by atoms with Gasteiger partial charge in [-0.05, 0) is 18.8 Å². The Hall–Kier alpha value is 2.33. The van der Waals surface area contributed by atoms with E-state index in [1.807, 2.05) is 0 Å². The molecule has 3 heteroatoms. The molecule has 1 heterocycles. The fraction of sp³-hybridized carbons (Fsp3) is 0.889. The molecule has 1 nitrogen and oxygen atoms in total. The minimum Gasteiger partial charge on any atom is -0.407 e. The second-order valence-electron chi connectivity index (χ2n) is 3.54. The molecule has 1 aliphatic rings. The molecule has 0 aliphatic carbocycles. The minimum absolute atomic E-state index is 0. The van der Waals surface area contributed by atoms with E-state index in [9.17, 15) is 0 Å². The average molecular weight is 306 g/mol. The molecule has 0 amide bonds. The third-order valence-corrected chi connectivity index (χ3v) is 4.99. The summed E-state index contributed by atoms with van der Waals surface area (Å²) in [6, 6.07) is 0. The van der Waals surface area contributed by atoms with Crippen LogP contribution in [0.25, 0.3) is 0 Å². The van der Waals surface area contributed by atoms with E-state index >= 15 is 0 Å². The van der Waals surface area contributed by atoms with Gasteiger partial charge in [-0.25, -0.2) is 0 Å². The van der Waals surface area contributed by atoms with Gasteiger partial charge < -0.3 is 11.7 Å². The molecule has 0 radical (unpaired) electrons. The van der Waals surface area contributed by atoms with E-state index in [2.05, 4.69) is 50.3 Å². The predicted molar refractivity (Wildman–Crippen MR) is 55.8 cm³/mol. The summed E-state index contributed by atoms with van der Waals surface area (Å²) in [6.45, 7) is 10.6. The van der Waals surface area contributed by atoms with Crippen molar-refractivity contribution in [2.24, 2.45) is 11.8 Å². The van der Waals surface area contributed by atoms with Crippen LogP contribution in [-0.2, 0) is 4.74 Å². The molecule has 0 aromatic carbocycles. The molecule has 1 saturated heterocycles. The maximum Gasteiger partial charge on any atom is 1.00 e. The molecule has 0 bridgehead atoms. The summed E-state index contributed by atoms with van der Waals surface area (Å²) in [4.78, 5) is 0. The zero-order valence-corrected chi connectivity index (χ0v) is 13.7. The zero-order valence-electron chi connectivity index (χ0n) is 8.38. The van der Waals surface area contributed by atoms with Crippen LogP contribution < -0.4 is 51.4 Å². The van der Waals surface area contributed by atoms with E-state index in [0.29, 0.717) is 21.9 Å². The Morgan fingerprint density at radius 3 is 2.17 bits per heavy atom. The molecule has 0 aromatic heterocycles. The van der Waals surface area contributed by atoms with Crippen molar-refractivity contribution < 1.29 is 56.1 Å². The van der Waals surface area contributed by atoms with Crippen LogP contribution in [0.3, 0.4) is 0 Å². The van der Waals surface area contributed by atoms with Crippen molar-refractivity contribution in [2.45, 2.75) is 36.9 Å². The van der Waals surface area contributed by atoms with Gasteiger partial charge in [0.25, 0.3) is 0 Å². The molecule has 1 fully saturated rings. The first-order valence-electron chi connectivity index (χ1n) is 4.16. The summed E-state index contributed by atoms with van der Waals surface area (Å²) in [5.74, 6) is 1.24. The van der Waals surface area contributed by atoms with Crippen LogP contribution in [0, 0.1) is 18.8 Å². The van der Waals surface area contributed by atoms with E-state index in [4.69, 9.17) is 4.74 Å². The van der Waals surface area contributed by atoms with Gasteiger partial charge in [0.1, 0.15) is 0 Å². The summed E-state index contributed by atoms with van der Waals surface area (Å²) in [7, 11) is 0. The maximum atomic E-state index is 5.67. The summed E-state index contributed by atoms with van der Waals surface area (Å²) in [5.41, 5.74) is 0. The van der Waals surface area contributed by atoms with Crippen molar-refractivity contribution in [3.8, 4) is 0 Å². The van der Waals surface area contributed by atoms with Gasteiger partial charge in [-0.2, -0.15) is 0 Å². The van der Waals surface area contributed by atoms with E-state index in [0.717, 1.165) is 0 Å². The molecule has 1 aliphatic heterocycles. The largest absolute Gasteiger partial charge is 1.00 e. The van der Waals surface area contributed by atoms with Crippen LogP contribution in [0.5, 0.6) is 0 Å². The van der Waals surface area contributed by atoms with Crippen molar-refractivity contribution in [3.63, 3.8) is 0 Å². The van der Waals surface area contributed by atoms with Gasteiger partial charge in [-0.3, -0.25) is 0 Å². The first-order valence-corrected chi connectivity index (χ1v) is 5.41. The fourth-order valence-corrected chi connectivity index (χ4v) is 2.51. The van der Waals surface area contributed by atoms with Crippen LogP contribution >= 0.6 is 22.6 Å². The van der Waals surface area contributed by atoms with Gasteiger partial charge in [0.2, 0.25) is 0 Å². The van der Waals surface area contributed by atoms with Crippen molar-refractivity contribution in [1.82, 2.24) is 0 Å². The van der Waals surface area contributed by atoms with Gasteiger partial charge in [-0.1, -0.05) is 42.5 Å². The van der Waals surface area contributed by atoms with Crippen LogP contribution in [0.15, 0.2) is 0 Å². The van der Waals surface area contributed by atoms with E-state index in [1.165, 1.54) is 0 Å². The normalized spacial score (nSPS) is 48.2. The SMILES string of the molecule is [CH2-]C1OC(C)C(C)C(I)C1C.[K+]. The summed E-state index contributed by atoms with van der Waals surface area (Å²) >= 11 is 2.52. The van der Waals surface area contributed by atoms with E-state index < -0.39 is 0 Å². The quantitative estimate of drug-likeness (QED) is 0.258. The maximum absolute atomic E-state index is 5.67. The van der Waals surface area contributed by atoms with Gasteiger partial charge in [-0.15, -0.1) is 0 Å². The van der Waals surface area contributed by atoms with Crippen molar-refractivity contribution in [2.75, 3.05) is 0 Å². The Morgan fingerprint density at radius 1 is 1.17 bits per heavy atom. The summed E-state index contributed by atoms with van der Waals surface area (Å²) < 4.78 is 6.37. The second kappa shape index (κ2) is 6.03. The number of rotatable bonds is 0. The average Bonchev–Trinajstić information content (AvgIpc) is 1.97. The molecular weight excluding hydrogens is 290 g/mol. The summed E-state index contributed by atoms with van der Waals surface area (Å²) in [6.07, 6.45) is 0.554.